The number of rotatable bonds is 6. The van der Waals surface area contributed by atoms with Crippen molar-refractivity contribution in [2.24, 2.45) is 0 Å². The average Bonchev–Trinajstić information content (AvgIpc) is 2.29. The predicted molar refractivity (Wildman–Crippen MR) is 63.6 cm³/mol. The van der Waals surface area contributed by atoms with Crippen LogP contribution in [0, 0.1) is 0 Å². The molecular weight excluding hydrogens is 220 g/mol. The van der Waals surface area contributed by atoms with Gasteiger partial charge in [0.1, 0.15) is 0 Å². The van der Waals surface area contributed by atoms with E-state index in [1.165, 1.54) is 18.6 Å². The summed E-state index contributed by atoms with van der Waals surface area (Å²) >= 11 is 0. The van der Waals surface area contributed by atoms with Crippen LogP contribution in [0.3, 0.4) is 0 Å². The largest absolute Gasteiger partial charge is 0.480 e. The fourth-order valence-corrected chi connectivity index (χ4v) is 1.36. The fraction of sp³-hybridized carbons (Fsp3) is 0.545. The fourth-order valence-electron chi connectivity index (χ4n) is 1.36. The summed E-state index contributed by atoms with van der Waals surface area (Å²) in [5, 5.41) is 12.3. The lowest BCUT2D eigenvalue weighted by Gasteiger charge is -2.26. The number of likely N-dealkylation sites (N-methyl/N-ethyl adjacent to an activating group) is 1. The number of hydrogen-bond acceptors (Lipinski definition) is 5. The molecule has 94 valence electrons. The molecule has 1 aromatic heterocycles. The molecule has 17 heavy (non-hydrogen) atoms. The van der Waals surface area contributed by atoms with E-state index in [1.807, 2.05) is 19.0 Å². The minimum atomic E-state index is -1.20. The number of nitrogens with one attached hydrogen (secondary N) is 1. The summed E-state index contributed by atoms with van der Waals surface area (Å²) in [6.45, 7) is 2.91. The van der Waals surface area contributed by atoms with Gasteiger partial charge in [0.05, 0.1) is 11.9 Å². The van der Waals surface area contributed by atoms with Crippen molar-refractivity contribution in [1.29, 1.82) is 0 Å². The van der Waals surface area contributed by atoms with Gasteiger partial charge in [-0.05, 0) is 21.0 Å². The molecule has 1 atom stereocenters. The molecule has 0 spiro atoms. The first-order valence-corrected chi connectivity index (χ1v) is 5.36. The molecule has 0 radical (unpaired) electrons. The van der Waals surface area contributed by atoms with Gasteiger partial charge in [0.2, 0.25) is 0 Å². The second-order valence-corrected chi connectivity index (χ2v) is 4.25. The molecule has 0 saturated carbocycles. The van der Waals surface area contributed by atoms with E-state index in [1.54, 1.807) is 6.92 Å². The molecule has 0 bridgehead atoms. The van der Waals surface area contributed by atoms with Crippen LogP contribution in [0.5, 0.6) is 0 Å². The van der Waals surface area contributed by atoms with Gasteiger partial charge in [0, 0.05) is 25.5 Å². The molecule has 6 heteroatoms. The van der Waals surface area contributed by atoms with Gasteiger partial charge < -0.3 is 10.0 Å². The van der Waals surface area contributed by atoms with Crippen molar-refractivity contribution in [1.82, 2.24) is 20.2 Å². The topological polar surface area (TPSA) is 78.4 Å². The first kappa shape index (κ1) is 13.5. The maximum atomic E-state index is 11.4. The Hall–Kier alpha value is -1.53. The smallest absolute Gasteiger partial charge is 0.329 e. The second-order valence-electron chi connectivity index (χ2n) is 4.25. The molecule has 6 nitrogen and oxygen atoms in total. The molecule has 0 fully saturated rings. The zero-order chi connectivity index (χ0) is 12.9. The Bertz CT molecular complexity index is 369. The molecule has 0 amide bonds. The van der Waals surface area contributed by atoms with Crippen LogP contribution in [-0.2, 0) is 10.3 Å². The molecule has 1 heterocycles. The molecule has 0 aliphatic heterocycles. The molecule has 2 N–H and O–H groups in total. The highest BCUT2D eigenvalue weighted by atomic mass is 16.4. The van der Waals surface area contributed by atoms with Crippen molar-refractivity contribution >= 4 is 5.97 Å². The molecule has 0 aliphatic rings. The van der Waals surface area contributed by atoms with Crippen LogP contribution >= 0.6 is 0 Å². The van der Waals surface area contributed by atoms with Crippen molar-refractivity contribution < 1.29 is 9.90 Å². The van der Waals surface area contributed by atoms with Crippen LogP contribution in [0.15, 0.2) is 18.6 Å². The van der Waals surface area contributed by atoms with Gasteiger partial charge in [-0.3, -0.25) is 15.3 Å². The number of nitrogens with zero attached hydrogens (tertiary/aromatic N) is 3. The molecule has 1 rings (SSSR count). The van der Waals surface area contributed by atoms with Crippen LogP contribution in [0.4, 0.5) is 0 Å². The van der Waals surface area contributed by atoms with Crippen molar-refractivity contribution in [3.05, 3.63) is 24.3 Å². The average molecular weight is 238 g/mol. The van der Waals surface area contributed by atoms with Gasteiger partial charge in [0.15, 0.2) is 5.54 Å². The van der Waals surface area contributed by atoms with Crippen LogP contribution < -0.4 is 5.32 Å². The molecule has 0 aromatic carbocycles. The van der Waals surface area contributed by atoms with Crippen molar-refractivity contribution in [2.45, 2.75) is 12.5 Å². The number of carbonyl (C=O) groups is 1. The minimum absolute atomic E-state index is 0.409. The number of carboxylic acids is 1. The monoisotopic (exact) mass is 238 g/mol. The van der Waals surface area contributed by atoms with Crippen molar-refractivity contribution in [3.8, 4) is 0 Å². The third-order valence-electron chi connectivity index (χ3n) is 2.54. The summed E-state index contributed by atoms with van der Waals surface area (Å²) in [5.74, 6) is -0.961. The summed E-state index contributed by atoms with van der Waals surface area (Å²) in [7, 11) is 3.87. The third kappa shape index (κ3) is 3.47. The Morgan fingerprint density at radius 3 is 2.71 bits per heavy atom. The number of carboxylic acid groups (broad SMARTS) is 1. The number of hydrogen-bond donors (Lipinski definition) is 2. The van der Waals surface area contributed by atoms with E-state index in [-0.39, 0.29) is 0 Å². The SMILES string of the molecule is CN(C)CCNC(C)(C(=O)O)c1cnccn1. The normalized spacial score (nSPS) is 14.6. The number of aliphatic carboxylic acids is 1. The molecule has 0 saturated heterocycles. The lowest BCUT2D eigenvalue weighted by molar-refractivity contribution is -0.144. The van der Waals surface area contributed by atoms with E-state index in [9.17, 15) is 9.90 Å². The highest BCUT2D eigenvalue weighted by molar-refractivity contribution is 5.79. The molecule has 1 aromatic rings. The Morgan fingerprint density at radius 2 is 2.24 bits per heavy atom. The highest BCUT2D eigenvalue weighted by Crippen LogP contribution is 2.17. The van der Waals surface area contributed by atoms with Crippen molar-refractivity contribution in [3.63, 3.8) is 0 Å². The second kappa shape index (κ2) is 5.70. The maximum absolute atomic E-state index is 11.4. The Morgan fingerprint density at radius 1 is 1.53 bits per heavy atom. The Kier molecular flexibility index (Phi) is 4.53. The number of aromatic nitrogens is 2. The Balaban J connectivity index is 2.80. The summed E-state index contributed by atoms with van der Waals surface area (Å²) in [6, 6.07) is 0. The third-order valence-corrected chi connectivity index (χ3v) is 2.54. The van der Waals surface area contributed by atoms with Crippen LogP contribution in [0.1, 0.15) is 12.6 Å². The van der Waals surface area contributed by atoms with E-state index in [4.69, 9.17) is 0 Å². The molecule has 1 unspecified atom stereocenters. The van der Waals surface area contributed by atoms with Gasteiger partial charge in [-0.25, -0.2) is 4.79 Å². The lowest BCUT2D eigenvalue weighted by atomic mass is 9.98. The lowest BCUT2D eigenvalue weighted by Crippen LogP contribution is -2.49. The predicted octanol–water partition coefficient (Wildman–Crippen LogP) is -0.0724. The summed E-state index contributed by atoms with van der Waals surface area (Å²) in [5.41, 5.74) is -0.796. The van der Waals surface area contributed by atoms with Crippen LogP contribution in [0.25, 0.3) is 0 Å². The van der Waals surface area contributed by atoms with Crippen LogP contribution in [0.2, 0.25) is 0 Å². The quantitative estimate of drug-likeness (QED) is 0.722. The molecule has 0 aliphatic carbocycles. The van der Waals surface area contributed by atoms with E-state index in [2.05, 4.69) is 15.3 Å². The summed E-state index contributed by atoms with van der Waals surface area (Å²) in [4.78, 5) is 21.3. The first-order valence-electron chi connectivity index (χ1n) is 5.36. The first-order chi connectivity index (χ1) is 7.97. The summed E-state index contributed by atoms with van der Waals surface area (Å²) < 4.78 is 0. The van der Waals surface area contributed by atoms with Gasteiger partial charge in [-0.1, -0.05) is 0 Å². The maximum Gasteiger partial charge on any atom is 0.329 e. The minimum Gasteiger partial charge on any atom is -0.480 e. The van der Waals surface area contributed by atoms with E-state index >= 15 is 0 Å². The zero-order valence-corrected chi connectivity index (χ0v) is 10.3. The van der Waals surface area contributed by atoms with E-state index in [0.717, 1.165) is 6.54 Å². The van der Waals surface area contributed by atoms with Gasteiger partial charge in [-0.2, -0.15) is 0 Å². The van der Waals surface area contributed by atoms with Crippen molar-refractivity contribution in [2.75, 3.05) is 27.2 Å². The van der Waals surface area contributed by atoms with E-state index in [0.29, 0.717) is 12.2 Å². The zero-order valence-electron chi connectivity index (χ0n) is 10.3. The van der Waals surface area contributed by atoms with E-state index < -0.39 is 11.5 Å². The standard InChI is InChI=1S/C11H18N4O2/c1-11(10(16)17,14-6-7-15(2)3)9-8-12-4-5-13-9/h4-5,8,14H,6-7H2,1-3H3,(H,16,17). The van der Waals surface area contributed by atoms with Crippen LogP contribution in [-0.4, -0.2) is 53.1 Å². The Labute approximate surface area is 101 Å². The van der Waals surface area contributed by atoms with Gasteiger partial charge in [-0.15, -0.1) is 0 Å². The summed E-state index contributed by atoms with van der Waals surface area (Å²) in [6.07, 6.45) is 4.48. The highest BCUT2D eigenvalue weighted by Gasteiger charge is 2.36. The molecular formula is C11H18N4O2. The van der Waals surface area contributed by atoms with Gasteiger partial charge in [0.25, 0.3) is 0 Å². The van der Waals surface area contributed by atoms with Gasteiger partial charge >= 0.3 is 5.97 Å².